The molecular formula is C22H27N5O. The van der Waals surface area contributed by atoms with E-state index in [1.807, 2.05) is 36.4 Å². The smallest absolute Gasteiger partial charge is 0.272 e. The average molecular weight is 377 g/mol. The minimum atomic E-state index is -0.0942. The number of rotatable bonds is 6. The van der Waals surface area contributed by atoms with Crippen molar-refractivity contribution < 1.29 is 4.79 Å². The summed E-state index contributed by atoms with van der Waals surface area (Å²) in [5, 5.41) is 11.0. The molecule has 146 valence electrons. The number of amides is 1. The number of nitrogens with one attached hydrogen (secondary N) is 2. The number of nitrogen functional groups attached to an aromatic ring is 1. The molecule has 2 aromatic carbocycles. The van der Waals surface area contributed by atoms with Gasteiger partial charge in [0.1, 0.15) is 0 Å². The number of nitrogens with zero attached hydrogens (tertiary/aromatic N) is 2. The Balaban J connectivity index is 1.21. The minimum Gasteiger partial charge on any atom is -0.399 e. The molecule has 0 aliphatic carbocycles. The zero-order valence-corrected chi connectivity index (χ0v) is 16.0. The molecule has 6 heteroatoms. The first-order valence-corrected chi connectivity index (χ1v) is 9.97. The van der Waals surface area contributed by atoms with Crippen LogP contribution in [0.2, 0.25) is 0 Å². The van der Waals surface area contributed by atoms with E-state index in [-0.39, 0.29) is 5.91 Å². The lowest BCUT2D eigenvalue weighted by Crippen LogP contribution is -2.39. The fourth-order valence-corrected chi connectivity index (χ4v) is 3.84. The van der Waals surface area contributed by atoms with Gasteiger partial charge in [0.05, 0.1) is 5.52 Å². The first-order chi connectivity index (χ1) is 13.7. The third-order valence-corrected chi connectivity index (χ3v) is 5.64. The van der Waals surface area contributed by atoms with E-state index in [2.05, 4.69) is 32.5 Å². The number of para-hydroxylation sites is 1. The molecule has 0 saturated carbocycles. The van der Waals surface area contributed by atoms with E-state index in [4.69, 9.17) is 5.73 Å². The van der Waals surface area contributed by atoms with Crippen molar-refractivity contribution in [3.8, 4) is 0 Å². The van der Waals surface area contributed by atoms with Crippen LogP contribution in [-0.4, -0.2) is 47.2 Å². The van der Waals surface area contributed by atoms with Gasteiger partial charge in [0, 0.05) is 24.2 Å². The van der Waals surface area contributed by atoms with Crippen molar-refractivity contribution in [3.63, 3.8) is 0 Å². The molecule has 1 amide bonds. The lowest BCUT2D eigenvalue weighted by atomic mass is 9.96. The third kappa shape index (κ3) is 4.34. The van der Waals surface area contributed by atoms with Crippen LogP contribution < -0.4 is 11.1 Å². The molecule has 0 unspecified atom stereocenters. The average Bonchev–Trinajstić information content (AvgIpc) is 3.17. The molecule has 0 spiro atoms. The predicted octanol–water partition coefficient (Wildman–Crippen LogP) is 2.83. The van der Waals surface area contributed by atoms with Crippen LogP contribution in [0.5, 0.6) is 0 Å². The van der Waals surface area contributed by atoms with E-state index in [0.717, 1.165) is 55.5 Å². The van der Waals surface area contributed by atoms with Crippen LogP contribution in [0, 0.1) is 5.92 Å². The molecular weight excluding hydrogens is 350 g/mol. The lowest BCUT2D eigenvalue weighted by molar-refractivity contribution is 0.0933. The summed E-state index contributed by atoms with van der Waals surface area (Å²) in [6, 6.07) is 15.9. The Morgan fingerprint density at radius 1 is 1.14 bits per heavy atom. The van der Waals surface area contributed by atoms with Gasteiger partial charge in [-0.2, -0.15) is 5.10 Å². The zero-order chi connectivity index (χ0) is 19.3. The van der Waals surface area contributed by atoms with Gasteiger partial charge in [-0.3, -0.25) is 9.89 Å². The number of benzene rings is 2. The first kappa shape index (κ1) is 18.5. The molecule has 0 radical (unpaired) electrons. The summed E-state index contributed by atoms with van der Waals surface area (Å²) in [6.45, 7) is 3.95. The number of hydrogen-bond donors (Lipinski definition) is 3. The van der Waals surface area contributed by atoms with Crippen molar-refractivity contribution in [2.75, 3.05) is 31.9 Å². The number of fused-ring (bicyclic) bond motifs is 1. The number of likely N-dealkylation sites (tertiary alicyclic amines) is 1. The van der Waals surface area contributed by atoms with Crippen LogP contribution in [-0.2, 0) is 6.42 Å². The van der Waals surface area contributed by atoms with Crippen molar-refractivity contribution in [2.45, 2.75) is 19.3 Å². The quantitative estimate of drug-likeness (QED) is 0.577. The standard InChI is InChI=1S/C22H27N5O/c23-18-7-5-16(6-8-18)9-12-27-13-10-17(11-14-27)15-24-22(28)21-19-3-1-2-4-20(19)25-26-21/h1-8,17H,9-15,23H2,(H,24,28)(H,25,26). The predicted molar refractivity (Wildman–Crippen MR) is 112 cm³/mol. The van der Waals surface area contributed by atoms with Crippen LogP contribution in [0.1, 0.15) is 28.9 Å². The summed E-state index contributed by atoms with van der Waals surface area (Å²) in [6.07, 6.45) is 3.28. The van der Waals surface area contributed by atoms with E-state index in [1.54, 1.807) is 0 Å². The van der Waals surface area contributed by atoms with Crippen molar-refractivity contribution in [3.05, 3.63) is 59.8 Å². The Bertz CT molecular complexity index is 926. The number of aromatic nitrogens is 2. The Morgan fingerprint density at radius 3 is 2.68 bits per heavy atom. The molecule has 0 bridgehead atoms. The third-order valence-electron chi connectivity index (χ3n) is 5.64. The van der Waals surface area contributed by atoms with Crippen LogP contribution >= 0.6 is 0 Å². The van der Waals surface area contributed by atoms with Gasteiger partial charge in [-0.15, -0.1) is 0 Å². The maximum absolute atomic E-state index is 12.5. The molecule has 0 atom stereocenters. The monoisotopic (exact) mass is 377 g/mol. The van der Waals surface area contributed by atoms with Crippen LogP contribution in [0.3, 0.4) is 0 Å². The first-order valence-electron chi connectivity index (χ1n) is 9.97. The number of hydrogen-bond acceptors (Lipinski definition) is 4. The van der Waals surface area contributed by atoms with E-state index in [9.17, 15) is 4.79 Å². The van der Waals surface area contributed by atoms with Crippen LogP contribution in [0.4, 0.5) is 5.69 Å². The number of carbonyl (C=O) groups is 1. The van der Waals surface area contributed by atoms with Crippen molar-refractivity contribution >= 4 is 22.5 Å². The molecule has 1 saturated heterocycles. The molecule has 1 aliphatic heterocycles. The van der Waals surface area contributed by atoms with Gasteiger partial charge in [0.2, 0.25) is 0 Å². The second kappa shape index (κ2) is 8.44. The molecule has 4 N–H and O–H groups in total. The Labute approximate surface area is 165 Å². The van der Waals surface area contributed by atoms with E-state index in [1.165, 1.54) is 5.56 Å². The topological polar surface area (TPSA) is 87.0 Å². The zero-order valence-electron chi connectivity index (χ0n) is 16.0. The number of H-pyrrole nitrogens is 1. The maximum atomic E-state index is 12.5. The second-order valence-corrected chi connectivity index (χ2v) is 7.60. The van der Waals surface area contributed by atoms with Gasteiger partial charge in [0.15, 0.2) is 5.69 Å². The number of nitrogens with two attached hydrogens (primary N) is 1. The summed E-state index contributed by atoms with van der Waals surface area (Å²) in [5.41, 5.74) is 9.26. The van der Waals surface area contributed by atoms with Gasteiger partial charge in [0.25, 0.3) is 5.91 Å². The van der Waals surface area contributed by atoms with Gasteiger partial charge in [-0.1, -0.05) is 30.3 Å². The molecule has 2 heterocycles. The number of piperidine rings is 1. The van der Waals surface area contributed by atoms with Gasteiger partial charge in [-0.05, 0) is 62.0 Å². The summed E-state index contributed by atoms with van der Waals surface area (Å²) >= 11 is 0. The SMILES string of the molecule is Nc1ccc(CCN2CCC(CNC(=O)c3n[nH]c4ccccc34)CC2)cc1. The lowest BCUT2D eigenvalue weighted by Gasteiger charge is -2.32. The van der Waals surface area contributed by atoms with Crippen molar-refractivity contribution in [1.29, 1.82) is 0 Å². The maximum Gasteiger partial charge on any atom is 0.272 e. The minimum absolute atomic E-state index is 0.0942. The van der Waals surface area contributed by atoms with Crippen LogP contribution in [0.15, 0.2) is 48.5 Å². The second-order valence-electron chi connectivity index (χ2n) is 7.60. The normalized spacial score (nSPS) is 15.7. The highest BCUT2D eigenvalue weighted by atomic mass is 16.1. The van der Waals surface area contributed by atoms with Crippen molar-refractivity contribution in [1.82, 2.24) is 20.4 Å². The molecule has 4 rings (SSSR count). The molecule has 1 aliphatic rings. The van der Waals surface area contributed by atoms with E-state index < -0.39 is 0 Å². The fourth-order valence-electron chi connectivity index (χ4n) is 3.84. The molecule has 1 fully saturated rings. The van der Waals surface area contributed by atoms with E-state index in [0.29, 0.717) is 18.2 Å². The highest BCUT2D eigenvalue weighted by Gasteiger charge is 2.21. The largest absolute Gasteiger partial charge is 0.399 e. The number of carbonyl (C=O) groups excluding carboxylic acids is 1. The molecule has 6 nitrogen and oxygen atoms in total. The Hall–Kier alpha value is -2.86. The molecule has 1 aromatic heterocycles. The molecule has 3 aromatic rings. The highest BCUT2D eigenvalue weighted by molar-refractivity contribution is 6.04. The summed E-state index contributed by atoms with van der Waals surface area (Å²) in [7, 11) is 0. The fraction of sp³-hybridized carbons (Fsp3) is 0.364. The van der Waals surface area contributed by atoms with Crippen molar-refractivity contribution in [2.24, 2.45) is 5.92 Å². The van der Waals surface area contributed by atoms with Crippen LogP contribution in [0.25, 0.3) is 10.9 Å². The van der Waals surface area contributed by atoms with Gasteiger partial charge < -0.3 is 16.0 Å². The Kier molecular flexibility index (Phi) is 5.58. The number of anilines is 1. The van der Waals surface area contributed by atoms with E-state index >= 15 is 0 Å². The number of aromatic amines is 1. The summed E-state index contributed by atoms with van der Waals surface area (Å²) < 4.78 is 0. The Morgan fingerprint density at radius 2 is 1.89 bits per heavy atom. The summed E-state index contributed by atoms with van der Waals surface area (Å²) in [5.74, 6) is 0.435. The summed E-state index contributed by atoms with van der Waals surface area (Å²) in [4.78, 5) is 15.0. The van der Waals surface area contributed by atoms with Gasteiger partial charge in [-0.25, -0.2) is 0 Å². The molecule has 28 heavy (non-hydrogen) atoms. The van der Waals surface area contributed by atoms with Gasteiger partial charge >= 0.3 is 0 Å². The highest BCUT2D eigenvalue weighted by Crippen LogP contribution is 2.18.